The number of nitrogens with zero attached hydrogens (tertiary/aromatic N) is 1. The predicted molar refractivity (Wildman–Crippen MR) is 105 cm³/mol. The SMILES string of the molecule is C[C@H](c1ccccc1)N1CC[C@H](CC2(NC(=O)OC(C)(C)C)CCC2)C1. The molecule has 0 radical (unpaired) electrons. The summed E-state index contributed by atoms with van der Waals surface area (Å²) in [4.78, 5) is 14.8. The zero-order valence-corrected chi connectivity index (χ0v) is 16.8. The van der Waals surface area contributed by atoms with Gasteiger partial charge < -0.3 is 10.1 Å². The van der Waals surface area contributed by atoms with E-state index in [1.54, 1.807) is 0 Å². The molecule has 144 valence electrons. The van der Waals surface area contributed by atoms with Crippen molar-refractivity contribution in [1.82, 2.24) is 10.2 Å². The summed E-state index contributed by atoms with van der Waals surface area (Å²) in [6.07, 6.45) is 5.39. The third-order valence-corrected chi connectivity index (χ3v) is 5.90. The predicted octanol–water partition coefficient (Wildman–Crippen LogP) is 4.91. The fourth-order valence-electron chi connectivity index (χ4n) is 4.38. The van der Waals surface area contributed by atoms with Crippen molar-refractivity contribution in [2.45, 2.75) is 77.0 Å². The minimum atomic E-state index is -0.440. The molecule has 0 unspecified atom stereocenters. The minimum absolute atomic E-state index is 0.0427. The molecule has 2 atom stereocenters. The van der Waals surface area contributed by atoms with Gasteiger partial charge in [-0.15, -0.1) is 0 Å². The van der Waals surface area contributed by atoms with E-state index in [1.807, 2.05) is 20.8 Å². The lowest BCUT2D eigenvalue weighted by Crippen LogP contribution is -2.55. The number of amides is 1. The molecule has 1 aromatic carbocycles. The Bertz CT molecular complexity index is 604. The average molecular weight is 359 g/mol. The summed E-state index contributed by atoms with van der Waals surface area (Å²) in [7, 11) is 0. The van der Waals surface area contributed by atoms with Gasteiger partial charge in [0.1, 0.15) is 5.60 Å². The molecular formula is C22H34N2O2. The Morgan fingerprint density at radius 2 is 2.00 bits per heavy atom. The summed E-state index contributed by atoms with van der Waals surface area (Å²) >= 11 is 0. The van der Waals surface area contributed by atoms with Crippen molar-refractivity contribution >= 4 is 6.09 Å². The van der Waals surface area contributed by atoms with Gasteiger partial charge in [0.2, 0.25) is 0 Å². The Kier molecular flexibility index (Phi) is 5.61. The van der Waals surface area contributed by atoms with Crippen LogP contribution in [0.1, 0.15) is 71.4 Å². The molecule has 1 aromatic rings. The first-order valence-corrected chi connectivity index (χ1v) is 10.1. The molecular weight excluding hydrogens is 324 g/mol. The van der Waals surface area contributed by atoms with Crippen molar-refractivity contribution in [1.29, 1.82) is 0 Å². The van der Waals surface area contributed by atoms with E-state index in [2.05, 4.69) is 47.5 Å². The Hall–Kier alpha value is -1.55. The van der Waals surface area contributed by atoms with Crippen LogP contribution in [0, 0.1) is 5.92 Å². The summed E-state index contributed by atoms with van der Waals surface area (Å²) in [5.74, 6) is 0.649. The van der Waals surface area contributed by atoms with Crippen molar-refractivity contribution in [3.8, 4) is 0 Å². The lowest BCUT2D eigenvalue weighted by Gasteiger charge is -2.44. The van der Waals surface area contributed by atoms with Gasteiger partial charge in [-0.05, 0) is 77.8 Å². The topological polar surface area (TPSA) is 41.6 Å². The Labute approximate surface area is 158 Å². The molecule has 1 saturated carbocycles. The largest absolute Gasteiger partial charge is 0.444 e. The standard InChI is InChI=1S/C22H34N2O2/c1-17(19-9-6-5-7-10-19)24-14-11-18(16-24)15-22(12-8-13-22)23-20(25)26-21(2,3)4/h5-7,9-10,17-18H,8,11-16H2,1-4H3,(H,23,25)/t17-,18-/m1/s1. The van der Waals surface area contributed by atoms with Gasteiger partial charge >= 0.3 is 6.09 Å². The maximum Gasteiger partial charge on any atom is 0.408 e. The molecule has 0 spiro atoms. The number of alkyl carbamates (subject to hydrolysis) is 1. The molecule has 4 heteroatoms. The van der Waals surface area contributed by atoms with E-state index in [1.165, 1.54) is 18.4 Å². The number of benzene rings is 1. The molecule has 4 nitrogen and oxygen atoms in total. The third-order valence-electron chi connectivity index (χ3n) is 5.90. The molecule has 3 rings (SSSR count). The first-order chi connectivity index (χ1) is 12.3. The second-order valence-corrected chi connectivity index (χ2v) is 9.20. The molecule has 1 N–H and O–H groups in total. The number of rotatable bonds is 5. The van der Waals surface area contributed by atoms with E-state index in [9.17, 15) is 4.79 Å². The smallest absolute Gasteiger partial charge is 0.408 e. The van der Waals surface area contributed by atoms with Crippen molar-refractivity contribution < 1.29 is 9.53 Å². The van der Waals surface area contributed by atoms with Crippen LogP contribution in [0.2, 0.25) is 0 Å². The molecule has 26 heavy (non-hydrogen) atoms. The second-order valence-electron chi connectivity index (χ2n) is 9.20. The van der Waals surface area contributed by atoms with E-state index in [0.29, 0.717) is 12.0 Å². The first-order valence-electron chi connectivity index (χ1n) is 10.1. The molecule has 0 bridgehead atoms. The van der Waals surface area contributed by atoms with Gasteiger partial charge in [0.25, 0.3) is 0 Å². The van der Waals surface area contributed by atoms with Crippen LogP contribution in [0.25, 0.3) is 0 Å². The minimum Gasteiger partial charge on any atom is -0.444 e. The molecule has 1 amide bonds. The van der Waals surface area contributed by atoms with E-state index in [-0.39, 0.29) is 11.6 Å². The maximum absolute atomic E-state index is 12.3. The summed E-state index contributed by atoms with van der Waals surface area (Å²) in [5.41, 5.74) is 0.905. The van der Waals surface area contributed by atoms with Crippen LogP contribution in [0.15, 0.2) is 30.3 Å². The monoisotopic (exact) mass is 358 g/mol. The van der Waals surface area contributed by atoms with Crippen LogP contribution >= 0.6 is 0 Å². The van der Waals surface area contributed by atoms with Gasteiger partial charge in [-0.3, -0.25) is 4.90 Å². The summed E-state index contributed by atoms with van der Waals surface area (Å²) in [6, 6.07) is 11.2. The number of nitrogens with one attached hydrogen (secondary N) is 1. The van der Waals surface area contributed by atoms with Gasteiger partial charge in [-0.1, -0.05) is 30.3 Å². The van der Waals surface area contributed by atoms with Crippen LogP contribution in [0.3, 0.4) is 0 Å². The number of carbonyl (C=O) groups is 1. The average Bonchev–Trinajstić information content (AvgIpc) is 2.99. The molecule has 2 aliphatic rings. The highest BCUT2D eigenvalue weighted by atomic mass is 16.6. The van der Waals surface area contributed by atoms with Crippen molar-refractivity contribution in [3.05, 3.63) is 35.9 Å². The van der Waals surface area contributed by atoms with Crippen molar-refractivity contribution in [2.75, 3.05) is 13.1 Å². The zero-order chi connectivity index (χ0) is 18.8. The quantitative estimate of drug-likeness (QED) is 0.813. The van der Waals surface area contributed by atoms with Crippen molar-refractivity contribution in [2.24, 2.45) is 5.92 Å². The molecule has 1 aliphatic heterocycles. The van der Waals surface area contributed by atoms with Gasteiger partial charge in [0, 0.05) is 18.1 Å². The van der Waals surface area contributed by atoms with E-state index in [4.69, 9.17) is 4.74 Å². The fraction of sp³-hybridized carbons (Fsp3) is 0.682. The van der Waals surface area contributed by atoms with Gasteiger partial charge in [0.15, 0.2) is 0 Å². The molecule has 1 aliphatic carbocycles. The summed E-state index contributed by atoms with van der Waals surface area (Å²) < 4.78 is 5.49. The maximum atomic E-state index is 12.3. The number of ether oxygens (including phenoxy) is 1. The van der Waals surface area contributed by atoms with Crippen LogP contribution in [0.4, 0.5) is 4.79 Å². The number of likely N-dealkylation sites (tertiary alicyclic amines) is 1. The Balaban J connectivity index is 1.54. The number of hydrogen-bond donors (Lipinski definition) is 1. The fourth-order valence-corrected chi connectivity index (χ4v) is 4.38. The molecule has 1 heterocycles. The lowest BCUT2D eigenvalue weighted by molar-refractivity contribution is 0.0345. The Morgan fingerprint density at radius 1 is 1.31 bits per heavy atom. The van der Waals surface area contributed by atoms with Gasteiger partial charge in [-0.25, -0.2) is 4.79 Å². The summed E-state index contributed by atoms with van der Waals surface area (Å²) in [5, 5.41) is 3.21. The van der Waals surface area contributed by atoms with E-state index in [0.717, 1.165) is 32.4 Å². The molecule has 1 saturated heterocycles. The number of hydrogen-bond acceptors (Lipinski definition) is 3. The van der Waals surface area contributed by atoms with E-state index < -0.39 is 5.60 Å². The first kappa shape index (κ1) is 19.2. The normalized spacial score (nSPS) is 23.9. The summed E-state index contributed by atoms with van der Waals surface area (Å²) in [6.45, 7) is 10.3. The Morgan fingerprint density at radius 3 is 2.58 bits per heavy atom. The lowest BCUT2D eigenvalue weighted by atomic mass is 9.71. The second kappa shape index (κ2) is 7.59. The molecule has 0 aromatic heterocycles. The van der Waals surface area contributed by atoms with Crippen LogP contribution in [0.5, 0.6) is 0 Å². The highest BCUT2D eigenvalue weighted by molar-refractivity contribution is 5.69. The highest BCUT2D eigenvalue weighted by Gasteiger charge is 2.42. The van der Waals surface area contributed by atoms with Crippen LogP contribution in [-0.2, 0) is 4.74 Å². The molecule has 2 fully saturated rings. The van der Waals surface area contributed by atoms with E-state index >= 15 is 0 Å². The van der Waals surface area contributed by atoms with Crippen molar-refractivity contribution in [3.63, 3.8) is 0 Å². The van der Waals surface area contributed by atoms with Crippen LogP contribution in [-0.4, -0.2) is 35.2 Å². The number of carbonyl (C=O) groups excluding carboxylic acids is 1. The zero-order valence-electron chi connectivity index (χ0n) is 16.8. The third kappa shape index (κ3) is 4.79. The van der Waals surface area contributed by atoms with Gasteiger partial charge in [-0.2, -0.15) is 0 Å². The highest BCUT2D eigenvalue weighted by Crippen LogP contribution is 2.40. The van der Waals surface area contributed by atoms with Crippen LogP contribution < -0.4 is 5.32 Å². The van der Waals surface area contributed by atoms with Gasteiger partial charge in [0.05, 0.1) is 0 Å².